The normalized spacial score (nSPS) is 18.2. The summed E-state index contributed by atoms with van der Waals surface area (Å²) in [5.41, 5.74) is 1.10. The zero-order valence-electron chi connectivity index (χ0n) is 22.4. The summed E-state index contributed by atoms with van der Waals surface area (Å²) < 4.78 is 33.2. The summed E-state index contributed by atoms with van der Waals surface area (Å²) in [5.74, 6) is -0.347. The number of nitrogens with zero attached hydrogens (tertiary/aromatic N) is 4. The van der Waals surface area contributed by atoms with Gasteiger partial charge >= 0.3 is 0 Å². The molecule has 3 amide bonds. The van der Waals surface area contributed by atoms with E-state index >= 15 is 0 Å². The Hall–Kier alpha value is -3.52. The molecular formula is C26H34N4O8S. The van der Waals surface area contributed by atoms with Gasteiger partial charge in [0.1, 0.15) is 17.5 Å². The van der Waals surface area contributed by atoms with Gasteiger partial charge in [-0.3, -0.25) is 24.1 Å². The summed E-state index contributed by atoms with van der Waals surface area (Å²) >= 11 is -2.45. The Balaban J connectivity index is 1.72. The number of hydrogen-bond acceptors (Lipinski definition) is 7. The van der Waals surface area contributed by atoms with Crippen molar-refractivity contribution in [3.05, 3.63) is 54.1 Å². The molecule has 0 radical (unpaired) electrons. The fourth-order valence-corrected chi connectivity index (χ4v) is 4.95. The number of amides is 3. The highest BCUT2D eigenvalue weighted by Crippen LogP contribution is 2.23. The van der Waals surface area contributed by atoms with E-state index in [-0.39, 0.29) is 31.1 Å². The highest BCUT2D eigenvalue weighted by molar-refractivity contribution is 7.76. The third-order valence-corrected chi connectivity index (χ3v) is 7.38. The van der Waals surface area contributed by atoms with Crippen LogP contribution in [-0.4, -0.2) is 98.8 Å². The van der Waals surface area contributed by atoms with Crippen molar-refractivity contribution in [2.24, 2.45) is 0 Å². The minimum Gasteiger partial charge on any atom is -0.497 e. The number of piperazine rings is 1. The molecule has 0 saturated carbocycles. The Labute approximate surface area is 230 Å². The Morgan fingerprint density at radius 3 is 2.15 bits per heavy atom. The number of ether oxygens (including phenoxy) is 2. The average Bonchev–Trinajstić information content (AvgIpc) is 2.93. The first-order chi connectivity index (χ1) is 18.5. The van der Waals surface area contributed by atoms with Gasteiger partial charge in [0.2, 0.25) is 23.1 Å². The second-order valence-electron chi connectivity index (χ2n) is 9.15. The van der Waals surface area contributed by atoms with E-state index in [1.165, 1.54) is 29.0 Å². The molecule has 1 heterocycles. The molecule has 1 aliphatic rings. The maximum absolute atomic E-state index is 13.4. The zero-order chi connectivity index (χ0) is 28.7. The third kappa shape index (κ3) is 7.53. The van der Waals surface area contributed by atoms with Gasteiger partial charge in [-0.05, 0) is 55.3 Å². The van der Waals surface area contributed by atoms with E-state index in [9.17, 15) is 28.4 Å². The molecule has 0 aliphatic carbocycles. The molecule has 212 valence electrons. The van der Waals surface area contributed by atoms with Gasteiger partial charge in [-0.25, -0.2) is 4.21 Å². The summed E-state index contributed by atoms with van der Waals surface area (Å²) in [6.45, 7) is 1.27. The molecule has 39 heavy (non-hydrogen) atoms. The lowest BCUT2D eigenvalue weighted by Crippen LogP contribution is -2.63. The minimum absolute atomic E-state index is 0.0607. The number of likely N-dealkylation sites (N-methyl/N-ethyl adjacent to an activating group) is 1. The topological polar surface area (TPSA) is 140 Å². The Morgan fingerprint density at radius 2 is 1.62 bits per heavy atom. The van der Waals surface area contributed by atoms with Gasteiger partial charge in [-0.2, -0.15) is 9.37 Å². The smallest absolute Gasteiger partial charge is 0.252 e. The van der Waals surface area contributed by atoms with E-state index < -0.39 is 41.7 Å². The standard InChI is InChI=1S/C26H34N4O8S/c1-18-26(33)27(2)16-21(15-24(31)30(34)20-7-11-23(38-4)12-8-20)29(18)25(32)17-28(39(35)36)14-13-19-5-9-22(37-3)10-6-19/h5-12,18,21,34H,13-17H2,1-4H3,(H,35,36). The highest BCUT2D eigenvalue weighted by atomic mass is 32.2. The van der Waals surface area contributed by atoms with Crippen LogP contribution in [0.25, 0.3) is 0 Å². The lowest BCUT2D eigenvalue weighted by Gasteiger charge is -2.44. The number of rotatable bonds is 11. The van der Waals surface area contributed by atoms with Crippen LogP contribution in [0.15, 0.2) is 48.5 Å². The second-order valence-corrected chi connectivity index (χ2v) is 10.1. The first-order valence-corrected chi connectivity index (χ1v) is 13.3. The van der Waals surface area contributed by atoms with Crippen molar-refractivity contribution in [2.75, 3.05) is 46.0 Å². The molecule has 3 rings (SSSR count). The van der Waals surface area contributed by atoms with Gasteiger partial charge in [-0.15, -0.1) is 0 Å². The van der Waals surface area contributed by atoms with Crippen molar-refractivity contribution >= 4 is 34.7 Å². The quantitative estimate of drug-likeness (QED) is 0.239. The predicted molar refractivity (Wildman–Crippen MR) is 144 cm³/mol. The minimum atomic E-state index is -2.45. The van der Waals surface area contributed by atoms with E-state index in [1.54, 1.807) is 45.3 Å². The summed E-state index contributed by atoms with van der Waals surface area (Å²) in [5, 5.41) is 11.0. The Morgan fingerprint density at radius 1 is 1.05 bits per heavy atom. The average molecular weight is 563 g/mol. The molecule has 2 aromatic carbocycles. The van der Waals surface area contributed by atoms with E-state index in [4.69, 9.17) is 9.47 Å². The largest absolute Gasteiger partial charge is 0.497 e. The van der Waals surface area contributed by atoms with E-state index in [0.717, 1.165) is 9.87 Å². The number of anilines is 1. The first-order valence-electron chi connectivity index (χ1n) is 12.3. The molecule has 0 aromatic heterocycles. The molecule has 1 fully saturated rings. The molecule has 12 nitrogen and oxygen atoms in total. The van der Waals surface area contributed by atoms with Crippen molar-refractivity contribution in [2.45, 2.75) is 31.8 Å². The molecule has 1 aliphatic heterocycles. The molecular weight excluding hydrogens is 528 g/mol. The number of carbonyl (C=O) groups is 3. The molecule has 0 spiro atoms. The Bertz CT molecular complexity index is 1180. The van der Waals surface area contributed by atoms with Gasteiger partial charge in [0.15, 0.2) is 0 Å². The maximum atomic E-state index is 13.4. The highest BCUT2D eigenvalue weighted by Gasteiger charge is 2.41. The monoisotopic (exact) mass is 562 g/mol. The number of carbonyl (C=O) groups excluding carboxylic acids is 3. The lowest BCUT2D eigenvalue weighted by atomic mass is 10.0. The van der Waals surface area contributed by atoms with Crippen molar-refractivity contribution in [3.63, 3.8) is 0 Å². The number of hydrogen-bond donors (Lipinski definition) is 2. The molecule has 3 unspecified atom stereocenters. The van der Waals surface area contributed by atoms with Gasteiger partial charge < -0.3 is 19.3 Å². The molecule has 13 heteroatoms. The number of benzene rings is 2. The SMILES string of the molecule is COc1ccc(CCN(CC(=O)N2C(CC(=O)N(O)c3ccc(OC)cc3)CN(C)C(=O)C2C)S(=O)O)cc1. The third-order valence-electron chi connectivity index (χ3n) is 6.62. The van der Waals surface area contributed by atoms with Gasteiger partial charge in [0.25, 0.3) is 5.91 Å². The van der Waals surface area contributed by atoms with Crippen LogP contribution in [0.3, 0.4) is 0 Å². The van der Waals surface area contributed by atoms with Crippen molar-refractivity contribution in [3.8, 4) is 11.5 Å². The predicted octanol–water partition coefficient (Wildman–Crippen LogP) is 1.56. The van der Waals surface area contributed by atoms with Crippen molar-refractivity contribution in [1.29, 1.82) is 0 Å². The first kappa shape index (κ1) is 30.0. The van der Waals surface area contributed by atoms with Crippen LogP contribution in [0, 0.1) is 0 Å². The van der Waals surface area contributed by atoms with Gasteiger partial charge in [0.05, 0.1) is 38.9 Å². The van der Waals surface area contributed by atoms with Crippen LogP contribution in [0.2, 0.25) is 0 Å². The van der Waals surface area contributed by atoms with E-state index in [2.05, 4.69) is 0 Å². The fourth-order valence-electron chi connectivity index (χ4n) is 4.48. The second kappa shape index (κ2) is 13.5. The van der Waals surface area contributed by atoms with Gasteiger partial charge in [0, 0.05) is 20.1 Å². The fraction of sp³-hybridized carbons (Fsp3) is 0.423. The number of hydroxylamine groups is 1. The van der Waals surface area contributed by atoms with Crippen LogP contribution < -0.4 is 14.5 Å². The van der Waals surface area contributed by atoms with Crippen LogP contribution in [0.5, 0.6) is 11.5 Å². The van der Waals surface area contributed by atoms with Crippen LogP contribution >= 0.6 is 0 Å². The summed E-state index contributed by atoms with van der Waals surface area (Å²) in [7, 11) is 4.62. The molecule has 2 N–H and O–H groups in total. The molecule has 0 bridgehead atoms. The lowest BCUT2D eigenvalue weighted by molar-refractivity contribution is -0.155. The summed E-state index contributed by atoms with van der Waals surface area (Å²) in [6.07, 6.45) is 0.119. The van der Waals surface area contributed by atoms with Crippen LogP contribution in [0.4, 0.5) is 5.69 Å². The summed E-state index contributed by atoms with van der Waals surface area (Å²) in [4.78, 5) is 41.8. The summed E-state index contributed by atoms with van der Waals surface area (Å²) in [6, 6.07) is 11.7. The van der Waals surface area contributed by atoms with Crippen LogP contribution in [0.1, 0.15) is 18.9 Å². The number of methoxy groups -OCH3 is 2. The molecule has 3 atom stereocenters. The molecule has 2 aromatic rings. The van der Waals surface area contributed by atoms with E-state index in [1.807, 2.05) is 12.1 Å². The van der Waals surface area contributed by atoms with Gasteiger partial charge in [-0.1, -0.05) is 12.1 Å². The molecule has 1 saturated heterocycles. The Kier molecular flexibility index (Phi) is 10.4. The van der Waals surface area contributed by atoms with Crippen molar-refractivity contribution < 1.29 is 37.8 Å². The van der Waals surface area contributed by atoms with Crippen molar-refractivity contribution in [1.82, 2.24) is 14.1 Å². The zero-order valence-corrected chi connectivity index (χ0v) is 23.2. The maximum Gasteiger partial charge on any atom is 0.252 e. The van der Waals surface area contributed by atoms with Crippen LogP contribution in [-0.2, 0) is 32.1 Å². The van der Waals surface area contributed by atoms with E-state index in [0.29, 0.717) is 23.0 Å².